The van der Waals surface area contributed by atoms with Gasteiger partial charge in [0.2, 0.25) is 5.91 Å². The average Bonchev–Trinajstić information content (AvgIpc) is 3.05. The molecule has 25 heavy (non-hydrogen) atoms. The predicted molar refractivity (Wildman–Crippen MR) is 103 cm³/mol. The Bertz CT molecular complexity index is 727. The molecule has 1 heterocycles. The Labute approximate surface area is 153 Å². The van der Waals surface area contributed by atoms with Crippen LogP contribution in [0.15, 0.2) is 36.4 Å². The van der Waals surface area contributed by atoms with Gasteiger partial charge in [0.25, 0.3) is 5.91 Å². The number of benzene rings is 1. The lowest BCUT2D eigenvalue weighted by Crippen LogP contribution is -2.36. The third-order valence-electron chi connectivity index (χ3n) is 3.95. The van der Waals surface area contributed by atoms with E-state index in [9.17, 15) is 9.59 Å². The second-order valence-corrected chi connectivity index (χ2v) is 8.26. The highest BCUT2D eigenvalue weighted by Gasteiger charge is 2.14. The van der Waals surface area contributed by atoms with Crippen LogP contribution in [-0.2, 0) is 23.2 Å². The Morgan fingerprint density at radius 2 is 1.60 bits per heavy atom. The van der Waals surface area contributed by atoms with Crippen molar-refractivity contribution in [2.45, 2.75) is 46.1 Å². The summed E-state index contributed by atoms with van der Waals surface area (Å²) in [5.74, 6) is -0.425. The van der Waals surface area contributed by atoms with Crippen LogP contribution in [0.25, 0.3) is 0 Å². The Kier molecular flexibility index (Phi) is 6.37. The standard InChI is InChI=1S/C20H26N2O2S/c1-5-16-10-11-17(25-16)12-21-18(23)13-22-19(24)14-6-8-15(9-7-14)20(2,3)4/h6-11H,5,12-13H2,1-4H3,(H,21,23)(H,22,24). The maximum Gasteiger partial charge on any atom is 0.251 e. The third-order valence-corrected chi connectivity index (χ3v) is 5.18. The molecule has 5 heteroatoms. The second kappa shape index (κ2) is 8.30. The topological polar surface area (TPSA) is 58.2 Å². The van der Waals surface area contributed by atoms with E-state index in [-0.39, 0.29) is 23.8 Å². The molecule has 2 rings (SSSR count). The van der Waals surface area contributed by atoms with Crippen molar-refractivity contribution in [2.24, 2.45) is 0 Å². The highest BCUT2D eigenvalue weighted by molar-refractivity contribution is 7.11. The van der Waals surface area contributed by atoms with Crippen molar-refractivity contribution in [2.75, 3.05) is 6.54 Å². The molecule has 2 N–H and O–H groups in total. The molecule has 134 valence electrons. The fraction of sp³-hybridized carbons (Fsp3) is 0.400. The summed E-state index contributed by atoms with van der Waals surface area (Å²) in [6, 6.07) is 11.6. The molecule has 4 nitrogen and oxygen atoms in total. The number of carbonyl (C=O) groups excluding carboxylic acids is 2. The van der Waals surface area contributed by atoms with E-state index in [1.165, 1.54) is 10.4 Å². The van der Waals surface area contributed by atoms with Gasteiger partial charge < -0.3 is 10.6 Å². The summed E-state index contributed by atoms with van der Waals surface area (Å²) in [5.41, 5.74) is 1.78. The summed E-state index contributed by atoms with van der Waals surface area (Å²) in [7, 11) is 0. The number of thiophene rings is 1. The smallest absolute Gasteiger partial charge is 0.251 e. The lowest BCUT2D eigenvalue weighted by Gasteiger charge is -2.19. The minimum absolute atomic E-state index is 0.0220. The summed E-state index contributed by atoms with van der Waals surface area (Å²) in [6.45, 7) is 8.97. The summed E-state index contributed by atoms with van der Waals surface area (Å²) >= 11 is 1.70. The van der Waals surface area contributed by atoms with Gasteiger partial charge in [-0.15, -0.1) is 11.3 Å². The quantitative estimate of drug-likeness (QED) is 0.828. The highest BCUT2D eigenvalue weighted by Crippen LogP contribution is 2.22. The number of hydrogen-bond donors (Lipinski definition) is 2. The molecular weight excluding hydrogens is 332 g/mol. The summed E-state index contributed by atoms with van der Waals surface area (Å²) in [4.78, 5) is 26.5. The first-order valence-corrected chi connectivity index (χ1v) is 9.34. The molecule has 0 fully saturated rings. The fourth-order valence-corrected chi connectivity index (χ4v) is 3.24. The van der Waals surface area contributed by atoms with Gasteiger partial charge in [-0.1, -0.05) is 39.8 Å². The molecule has 0 unspecified atom stereocenters. The average molecular weight is 359 g/mol. The van der Waals surface area contributed by atoms with Crippen LogP contribution in [0, 0.1) is 0 Å². The number of hydrogen-bond acceptors (Lipinski definition) is 3. The summed E-state index contributed by atoms with van der Waals surface area (Å²) in [5, 5.41) is 5.49. The van der Waals surface area contributed by atoms with Crippen LogP contribution >= 0.6 is 11.3 Å². The Morgan fingerprint density at radius 3 is 2.16 bits per heavy atom. The van der Waals surface area contributed by atoms with Crippen molar-refractivity contribution in [3.63, 3.8) is 0 Å². The number of aryl methyl sites for hydroxylation is 1. The number of amides is 2. The molecule has 2 aromatic rings. The van der Waals surface area contributed by atoms with Crippen molar-refractivity contribution >= 4 is 23.2 Å². The monoisotopic (exact) mass is 358 g/mol. The van der Waals surface area contributed by atoms with Gasteiger partial charge in [0, 0.05) is 15.3 Å². The number of rotatable bonds is 6. The zero-order chi connectivity index (χ0) is 18.4. The second-order valence-electron chi connectivity index (χ2n) is 7.01. The largest absolute Gasteiger partial charge is 0.350 e. The van der Waals surface area contributed by atoms with E-state index >= 15 is 0 Å². The molecule has 0 saturated heterocycles. The van der Waals surface area contributed by atoms with Gasteiger partial charge in [0.15, 0.2) is 0 Å². The van der Waals surface area contributed by atoms with Gasteiger partial charge in [-0.3, -0.25) is 9.59 Å². The van der Waals surface area contributed by atoms with Gasteiger partial charge in [-0.25, -0.2) is 0 Å². The van der Waals surface area contributed by atoms with Crippen molar-refractivity contribution in [3.8, 4) is 0 Å². The van der Waals surface area contributed by atoms with E-state index in [2.05, 4.69) is 44.4 Å². The zero-order valence-corrected chi connectivity index (χ0v) is 16.1. The molecule has 0 radical (unpaired) electrons. The lowest BCUT2D eigenvalue weighted by atomic mass is 9.87. The van der Waals surface area contributed by atoms with Gasteiger partial charge >= 0.3 is 0 Å². The van der Waals surface area contributed by atoms with Crippen LogP contribution < -0.4 is 10.6 Å². The molecule has 0 aliphatic carbocycles. The van der Waals surface area contributed by atoms with Gasteiger partial charge in [0.05, 0.1) is 13.1 Å². The van der Waals surface area contributed by atoms with Crippen LogP contribution in [0.3, 0.4) is 0 Å². The van der Waals surface area contributed by atoms with Crippen LogP contribution in [-0.4, -0.2) is 18.4 Å². The molecule has 0 atom stereocenters. The van der Waals surface area contributed by atoms with Crippen molar-refractivity contribution in [3.05, 3.63) is 57.3 Å². The fourth-order valence-electron chi connectivity index (χ4n) is 2.34. The van der Waals surface area contributed by atoms with Crippen molar-refractivity contribution in [1.82, 2.24) is 10.6 Å². The number of carbonyl (C=O) groups is 2. The number of nitrogens with one attached hydrogen (secondary N) is 2. The van der Waals surface area contributed by atoms with E-state index in [1.807, 2.05) is 18.2 Å². The van der Waals surface area contributed by atoms with Crippen LogP contribution in [0.5, 0.6) is 0 Å². The molecule has 0 aliphatic heterocycles. The maximum atomic E-state index is 12.1. The first-order chi connectivity index (χ1) is 11.8. The summed E-state index contributed by atoms with van der Waals surface area (Å²) < 4.78 is 0. The normalized spacial score (nSPS) is 11.2. The highest BCUT2D eigenvalue weighted by atomic mass is 32.1. The first-order valence-electron chi connectivity index (χ1n) is 8.52. The molecule has 0 bridgehead atoms. The molecule has 0 aliphatic rings. The molecule has 0 spiro atoms. The lowest BCUT2D eigenvalue weighted by molar-refractivity contribution is -0.120. The van der Waals surface area contributed by atoms with Crippen molar-refractivity contribution < 1.29 is 9.59 Å². The predicted octanol–water partition coefficient (Wildman–Crippen LogP) is 3.65. The van der Waals surface area contributed by atoms with Crippen LogP contribution in [0.1, 0.15) is 53.4 Å². The first kappa shape index (κ1) is 19.2. The van der Waals surface area contributed by atoms with Gasteiger partial charge in [-0.2, -0.15) is 0 Å². The Balaban J connectivity index is 1.79. The molecule has 1 aromatic heterocycles. The molecule has 1 aromatic carbocycles. The van der Waals surface area contributed by atoms with Crippen LogP contribution in [0.4, 0.5) is 0 Å². The molecule has 2 amide bonds. The van der Waals surface area contributed by atoms with E-state index in [0.29, 0.717) is 12.1 Å². The van der Waals surface area contributed by atoms with E-state index in [1.54, 1.807) is 23.5 Å². The summed E-state index contributed by atoms with van der Waals surface area (Å²) in [6.07, 6.45) is 1.00. The van der Waals surface area contributed by atoms with Crippen molar-refractivity contribution in [1.29, 1.82) is 0 Å². The van der Waals surface area contributed by atoms with E-state index < -0.39 is 0 Å². The van der Waals surface area contributed by atoms with E-state index in [0.717, 1.165) is 11.3 Å². The Morgan fingerprint density at radius 1 is 0.960 bits per heavy atom. The molecular formula is C20H26N2O2S. The minimum atomic E-state index is -0.236. The zero-order valence-electron chi connectivity index (χ0n) is 15.3. The SMILES string of the molecule is CCc1ccc(CNC(=O)CNC(=O)c2ccc(C(C)(C)C)cc2)s1. The molecule has 0 saturated carbocycles. The van der Waals surface area contributed by atoms with Crippen LogP contribution in [0.2, 0.25) is 0 Å². The minimum Gasteiger partial charge on any atom is -0.350 e. The third kappa shape index (κ3) is 5.71. The van der Waals surface area contributed by atoms with E-state index in [4.69, 9.17) is 0 Å². The maximum absolute atomic E-state index is 12.1. The Hall–Kier alpha value is -2.14. The van der Waals surface area contributed by atoms with Gasteiger partial charge in [-0.05, 0) is 41.7 Å². The van der Waals surface area contributed by atoms with Gasteiger partial charge in [0.1, 0.15) is 0 Å².